The number of β-lactam (4-membered cyclic amide) rings is 1. The molecule has 3 amide bonds. The Morgan fingerprint density at radius 1 is 0.912 bits per heavy atom. The van der Waals surface area contributed by atoms with Crippen molar-refractivity contribution in [2.24, 2.45) is 0 Å². The van der Waals surface area contributed by atoms with Crippen LogP contribution in [-0.4, -0.2) is 33.6 Å². The maximum Gasteiger partial charge on any atom is 0.270 e. The minimum Gasteiger partial charge on any atom is -0.300 e. The molecular formula is C24H15ClFN3O5. The van der Waals surface area contributed by atoms with Crippen LogP contribution in [0.25, 0.3) is 0 Å². The molecule has 0 unspecified atom stereocenters. The molecule has 2 aliphatic rings. The number of benzene rings is 3. The summed E-state index contributed by atoms with van der Waals surface area (Å²) in [4.78, 5) is 52.4. The van der Waals surface area contributed by atoms with Crippen LogP contribution < -0.4 is 4.90 Å². The summed E-state index contributed by atoms with van der Waals surface area (Å²) in [6.07, 6.45) is 0. The van der Waals surface area contributed by atoms with E-state index in [1.165, 1.54) is 29.2 Å². The van der Waals surface area contributed by atoms with Crippen LogP contribution in [0.4, 0.5) is 15.8 Å². The number of anilines is 1. The van der Waals surface area contributed by atoms with Crippen molar-refractivity contribution in [3.63, 3.8) is 0 Å². The van der Waals surface area contributed by atoms with E-state index in [4.69, 9.17) is 11.6 Å². The fourth-order valence-electron chi connectivity index (χ4n) is 4.49. The lowest BCUT2D eigenvalue weighted by molar-refractivity contribution is -0.384. The molecule has 170 valence electrons. The molecule has 2 aliphatic heterocycles. The van der Waals surface area contributed by atoms with E-state index in [2.05, 4.69) is 0 Å². The Morgan fingerprint density at radius 2 is 1.62 bits per heavy atom. The van der Waals surface area contributed by atoms with E-state index >= 15 is 0 Å². The third kappa shape index (κ3) is 3.08. The first kappa shape index (κ1) is 21.7. The van der Waals surface area contributed by atoms with Gasteiger partial charge in [0.05, 0.1) is 22.1 Å². The third-order valence-corrected chi connectivity index (χ3v) is 6.56. The number of carbonyl (C=O) groups is 3. The zero-order chi connectivity index (χ0) is 24.3. The zero-order valence-electron chi connectivity index (χ0n) is 17.6. The van der Waals surface area contributed by atoms with E-state index < -0.39 is 40.5 Å². The van der Waals surface area contributed by atoms with Crippen molar-refractivity contribution in [3.8, 4) is 0 Å². The molecule has 2 atom stereocenters. The number of nitro benzene ring substituents is 1. The van der Waals surface area contributed by atoms with Crippen molar-refractivity contribution in [3.05, 3.63) is 104 Å². The maximum absolute atomic E-state index is 14.1. The highest BCUT2D eigenvalue weighted by atomic mass is 35.5. The van der Waals surface area contributed by atoms with Crippen LogP contribution in [0.3, 0.4) is 0 Å². The highest BCUT2D eigenvalue weighted by Gasteiger charge is 2.57. The van der Waals surface area contributed by atoms with Crippen LogP contribution in [0, 0.1) is 22.9 Å². The van der Waals surface area contributed by atoms with Gasteiger partial charge in [0, 0.05) is 22.8 Å². The van der Waals surface area contributed by atoms with Crippen molar-refractivity contribution in [2.45, 2.75) is 19.0 Å². The van der Waals surface area contributed by atoms with Gasteiger partial charge >= 0.3 is 0 Å². The van der Waals surface area contributed by atoms with Crippen LogP contribution in [0.15, 0.2) is 60.7 Å². The lowest BCUT2D eigenvalue weighted by Gasteiger charge is -2.50. The number of nitrogens with zero attached hydrogens (tertiary/aromatic N) is 3. The van der Waals surface area contributed by atoms with Crippen LogP contribution in [0.5, 0.6) is 0 Å². The number of imide groups is 1. The number of nitro groups is 1. The standard InChI is InChI=1S/C24H15ClFN3O5/c1-12-18(25)6-3-7-19(12)27-20(13-4-2-5-14(26)10-13)21(24(27)32)28-22(30)16-9-8-15(29(33)34)11-17(16)23(28)31/h2-11,20-21H,1H3/t20-,21+/m1/s1. The highest BCUT2D eigenvalue weighted by Crippen LogP contribution is 2.46. The molecule has 8 nitrogen and oxygen atoms in total. The average Bonchev–Trinajstić information content (AvgIpc) is 3.04. The van der Waals surface area contributed by atoms with Crippen LogP contribution in [-0.2, 0) is 4.79 Å². The molecule has 3 aromatic rings. The number of halogens is 2. The monoisotopic (exact) mass is 479 g/mol. The summed E-state index contributed by atoms with van der Waals surface area (Å²) in [6, 6.07) is 11.8. The molecule has 5 rings (SSSR count). The van der Waals surface area contributed by atoms with Gasteiger partial charge in [0.25, 0.3) is 23.4 Å². The molecule has 10 heteroatoms. The van der Waals surface area contributed by atoms with Crippen molar-refractivity contribution in [1.29, 1.82) is 0 Å². The summed E-state index contributed by atoms with van der Waals surface area (Å²) in [5, 5.41) is 11.6. The average molecular weight is 480 g/mol. The second-order valence-electron chi connectivity index (χ2n) is 8.00. The van der Waals surface area contributed by atoms with Gasteiger partial charge in [-0.15, -0.1) is 0 Å². The first-order valence-corrected chi connectivity index (χ1v) is 10.6. The molecular weight excluding hydrogens is 465 g/mol. The number of non-ortho nitro benzene ring substituents is 1. The van der Waals surface area contributed by atoms with Crippen molar-refractivity contribution in [1.82, 2.24) is 4.90 Å². The van der Waals surface area contributed by atoms with Gasteiger partial charge in [0.1, 0.15) is 11.9 Å². The largest absolute Gasteiger partial charge is 0.300 e. The topological polar surface area (TPSA) is 101 Å². The van der Waals surface area contributed by atoms with Gasteiger partial charge in [0.2, 0.25) is 0 Å². The molecule has 0 bridgehead atoms. The first-order valence-electron chi connectivity index (χ1n) is 10.2. The molecule has 2 heterocycles. The SMILES string of the molecule is Cc1c(Cl)cccc1N1C(=O)[C@@H](N2C(=O)c3ccc([N+](=O)[O-])cc3C2=O)[C@H]1c1cccc(F)c1. The number of fused-ring (bicyclic) bond motifs is 1. The molecule has 34 heavy (non-hydrogen) atoms. The fourth-order valence-corrected chi connectivity index (χ4v) is 4.66. The van der Waals surface area contributed by atoms with E-state index in [1.807, 2.05) is 0 Å². The lowest BCUT2D eigenvalue weighted by Crippen LogP contribution is -2.67. The summed E-state index contributed by atoms with van der Waals surface area (Å²) < 4.78 is 14.1. The summed E-state index contributed by atoms with van der Waals surface area (Å²) >= 11 is 6.25. The van der Waals surface area contributed by atoms with Gasteiger partial charge in [0.15, 0.2) is 0 Å². The number of amides is 3. The van der Waals surface area contributed by atoms with Crippen LogP contribution >= 0.6 is 11.6 Å². The van der Waals surface area contributed by atoms with E-state index in [-0.39, 0.29) is 16.8 Å². The number of rotatable bonds is 4. The van der Waals surface area contributed by atoms with Gasteiger partial charge < -0.3 is 4.90 Å². The normalized spacial score (nSPS) is 19.3. The maximum atomic E-state index is 14.1. The second kappa shape index (κ2) is 7.74. The molecule has 0 N–H and O–H groups in total. The quantitative estimate of drug-likeness (QED) is 0.238. The number of hydrogen-bond donors (Lipinski definition) is 0. The molecule has 0 aromatic heterocycles. The van der Waals surface area contributed by atoms with Crippen LogP contribution in [0.1, 0.15) is 37.9 Å². The smallest absolute Gasteiger partial charge is 0.270 e. The minimum atomic E-state index is -1.26. The number of carbonyl (C=O) groups excluding carboxylic acids is 3. The van der Waals surface area contributed by atoms with Crippen molar-refractivity contribution < 1.29 is 23.7 Å². The second-order valence-corrected chi connectivity index (χ2v) is 8.41. The highest BCUT2D eigenvalue weighted by molar-refractivity contribution is 6.32. The molecule has 0 radical (unpaired) electrons. The molecule has 3 aromatic carbocycles. The summed E-state index contributed by atoms with van der Waals surface area (Å²) in [6.45, 7) is 1.72. The number of hydrogen-bond acceptors (Lipinski definition) is 5. The molecule has 0 aliphatic carbocycles. The summed E-state index contributed by atoms with van der Waals surface area (Å²) in [5.74, 6) is -2.65. The van der Waals surface area contributed by atoms with Gasteiger partial charge in [-0.2, -0.15) is 0 Å². The van der Waals surface area contributed by atoms with Gasteiger partial charge in [-0.3, -0.25) is 29.4 Å². The molecule has 0 saturated carbocycles. The zero-order valence-corrected chi connectivity index (χ0v) is 18.3. The van der Waals surface area contributed by atoms with E-state index in [0.29, 0.717) is 21.8 Å². The van der Waals surface area contributed by atoms with Crippen molar-refractivity contribution >= 4 is 40.7 Å². The molecule has 1 saturated heterocycles. The Bertz CT molecular complexity index is 1430. The fraction of sp³-hybridized carbons (Fsp3) is 0.125. The Labute approximate surface area is 197 Å². The minimum absolute atomic E-state index is 0.0289. The predicted molar refractivity (Wildman–Crippen MR) is 120 cm³/mol. The van der Waals surface area contributed by atoms with Crippen molar-refractivity contribution in [2.75, 3.05) is 4.90 Å². The van der Waals surface area contributed by atoms with Gasteiger partial charge in [-0.25, -0.2) is 4.39 Å². The summed E-state index contributed by atoms with van der Waals surface area (Å²) in [5.41, 5.74) is 0.929. The van der Waals surface area contributed by atoms with E-state index in [0.717, 1.165) is 17.0 Å². The summed E-state index contributed by atoms with van der Waals surface area (Å²) in [7, 11) is 0. The van der Waals surface area contributed by atoms with Crippen LogP contribution in [0.2, 0.25) is 5.02 Å². The third-order valence-electron chi connectivity index (χ3n) is 6.15. The van der Waals surface area contributed by atoms with Gasteiger partial charge in [-0.1, -0.05) is 29.8 Å². The Balaban J connectivity index is 1.61. The van der Waals surface area contributed by atoms with E-state index in [9.17, 15) is 28.9 Å². The molecule has 1 fully saturated rings. The first-order chi connectivity index (χ1) is 16.2. The Kier molecular flexibility index (Phi) is 4.94. The predicted octanol–water partition coefficient (Wildman–Crippen LogP) is 4.45. The Morgan fingerprint density at radius 3 is 2.32 bits per heavy atom. The Hall–Kier alpha value is -4.11. The van der Waals surface area contributed by atoms with E-state index in [1.54, 1.807) is 31.2 Å². The lowest BCUT2D eigenvalue weighted by atomic mass is 9.85. The molecule has 0 spiro atoms. The van der Waals surface area contributed by atoms with Gasteiger partial charge in [-0.05, 0) is 48.4 Å².